The molecule has 3 aromatic rings. The van der Waals surface area contributed by atoms with Crippen LogP contribution in [0.3, 0.4) is 0 Å². The van der Waals surface area contributed by atoms with Crippen LogP contribution in [0.15, 0.2) is 44.0 Å². The summed E-state index contributed by atoms with van der Waals surface area (Å²) in [5.41, 5.74) is 3.84. The molecule has 1 aromatic heterocycles. The maximum Gasteiger partial charge on any atom is 0.421 e. The Bertz CT molecular complexity index is 1020. The van der Waals surface area contributed by atoms with Gasteiger partial charge in [0.1, 0.15) is 0 Å². The Morgan fingerprint density at radius 3 is 2.58 bits per heavy atom. The molecule has 0 fully saturated rings. The molecule has 6 nitrogen and oxygen atoms in total. The molecule has 0 N–H and O–H groups in total. The van der Waals surface area contributed by atoms with Crippen LogP contribution in [0, 0.1) is 0 Å². The van der Waals surface area contributed by atoms with Crippen LogP contribution in [0.5, 0.6) is 11.5 Å². The first-order valence-electron chi connectivity index (χ1n) is 8.34. The Morgan fingerprint density at radius 1 is 1.12 bits per heavy atom. The third-order valence-corrected chi connectivity index (χ3v) is 5.26. The first kappa shape index (κ1) is 17.2. The van der Waals surface area contributed by atoms with Crippen molar-refractivity contribution in [2.45, 2.75) is 19.6 Å². The molecule has 1 aliphatic heterocycles. The largest absolute Gasteiger partial charge is 0.493 e. The lowest BCUT2D eigenvalue weighted by atomic mass is 9.99. The van der Waals surface area contributed by atoms with Crippen molar-refractivity contribution in [3.8, 4) is 11.5 Å². The smallest absolute Gasteiger partial charge is 0.421 e. The average Bonchev–Trinajstić information content (AvgIpc) is 2.94. The van der Waals surface area contributed by atoms with Gasteiger partial charge in [0.15, 0.2) is 17.1 Å². The quantitative estimate of drug-likeness (QED) is 0.649. The summed E-state index contributed by atoms with van der Waals surface area (Å²) >= 11 is 3.40. The fourth-order valence-electron chi connectivity index (χ4n) is 3.44. The minimum atomic E-state index is -0.337. The summed E-state index contributed by atoms with van der Waals surface area (Å²) in [5.74, 6) is 1.14. The van der Waals surface area contributed by atoms with Crippen LogP contribution < -0.4 is 15.2 Å². The van der Waals surface area contributed by atoms with Gasteiger partial charge >= 0.3 is 5.76 Å². The maximum atomic E-state index is 12.3. The van der Waals surface area contributed by atoms with Gasteiger partial charge in [0, 0.05) is 17.6 Å². The molecule has 0 saturated heterocycles. The van der Waals surface area contributed by atoms with Crippen LogP contribution in [-0.2, 0) is 19.6 Å². The zero-order valence-electron chi connectivity index (χ0n) is 14.6. The number of aromatic nitrogens is 1. The molecule has 4 rings (SSSR count). The molecule has 0 aliphatic carbocycles. The number of ether oxygens (including phenoxy) is 2. The van der Waals surface area contributed by atoms with Crippen molar-refractivity contribution in [2.24, 2.45) is 0 Å². The van der Waals surface area contributed by atoms with E-state index in [1.807, 2.05) is 30.3 Å². The molecule has 0 amide bonds. The topological polar surface area (TPSA) is 56.8 Å². The van der Waals surface area contributed by atoms with Crippen LogP contribution in [0.25, 0.3) is 11.1 Å². The van der Waals surface area contributed by atoms with E-state index in [0.717, 1.165) is 41.0 Å². The van der Waals surface area contributed by atoms with Gasteiger partial charge in [0.25, 0.3) is 0 Å². The molecule has 0 radical (unpaired) electrons. The van der Waals surface area contributed by atoms with E-state index in [1.165, 1.54) is 11.1 Å². The molecule has 0 spiro atoms. The standard InChI is InChI=1S/C19H19BrN2O4/c1-24-17-7-12-5-6-21(10-13(12)8-18(17)25-2)11-22-15-4-3-14(20)9-16(15)26-19(22)23/h3-4,7-9H,5-6,10-11H2,1-2H3. The molecule has 26 heavy (non-hydrogen) atoms. The zero-order chi connectivity index (χ0) is 18.3. The zero-order valence-corrected chi connectivity index (χ0v) is 16.2. The van der Waals surface area contributed by atoms with E-state index >= 15 is 0 Å². The molecular formula is C19H19BrN2O4. The third-order valence-electron chi connectivity index (χ3n) is 4.77. The Morgan fingerprint density at radius 2 is 1.85 bits per heavy atom. The Balaban J connectivity index is 1.62. The Labute approximate surface area is 159 Å². The highest BCUT2D eigenvalue weighted by Gasteiger charge is 2.21. The summed E-state index contributed by atoms with van der Waals surface area (Å²) in [6, 6.07) is 9.69. The molecule has 0 bridgehead atoms. The third kappa shape index (κ3) is 3.01. The predicted octanol–water partition coefficient (Wildman–Crippen LogP) is 3.39. The number of methoxy groups -OCH3 is 2. The van der Waals surface area contributed by atoms with Gasteiger partial charge in [-0.05, 0) is 47.9 Å². The van der Waals surface area contributed by atoms with Crippen molar-refractivity contribution in [1.29, 1.82) is 0 Å². The van der Waals surface area contributed by atoms with Crippen LogP contribution in [-0.4, -0.2) is 30.2 Å². The molecule has 2 aromatic carbocycles. The normalized spacial score (nSPS) is 14.4. The summed E-state index contributed by atoms with van der Waals surface area (Å²) < 4.78 is 18.7. The molecule has 0 atom stereocenters. The molecule has 7 heteroatoms. The summed E-state index contributed by atoms with van der Waals surface area (Å²) in [5, 5.41) is 0. The van der Waals surface area contributed by atoms with E-state index in [9.17, 15) is 4.79 Å². The number of rotatable bonds is 4. The second kappa shape index (κ2) is 6.81. The minimum absolute atomic E-state index is 0.337. The number of fused-ring (bicyclic) bond motifs is 2. The van der Waals surface area contributed by atoms with Crippen molar-refractivity contribution in [1.82, 2.24) is 9.47 Å². The highest BCUT2D eigenvalue weighted by molar-refractivity contribution is 9.10. The Hall–Kier alpha value is -2.25. The van der Waals surface area contributed by atoms with Crippen LogP contribution >= 0.6 is 15.9 Å². The average molecular weight is 419 g/mol. The van der Waals surface area contributed by atoms with E-state index in [2.05, 4.69) is 20.8 Å². The monoisotopic (exact) mass is 418 g/mol. The number of hydrogen-bond donors (Lipinski definition) is 0. The molecule has 2 heterocycles. The fraction of sp³-hybridized carbons (Fsp3) is 0.316. The first-order valence-corrected chi connectivity index (χ1v) is 9.13. The number of benzene rings is 2. The van der Waals surface area contributed by atoms with Crippen molar-refractivity contribution < 1.29 is 13.9 Å². The lowest BCUT2D eigenvalue weighted by Gasteiger charge is -2.29. The van der Waals surface area contributed by atoms with Gasteiger partial charge in [-0.25, -0.2) is 4.79 Å². The first-order chi connectivity index (χ1) is 12.6. The second-order valence-electron chi connectivity index (χ2n) is 6.33. The van der Waals surface area contributed by atoms with Gasteiger partial charge in [-0.15, -0.1) is 0 Å². The van der Waals surface area contributed by atoms with Crippen molar-refractivity contribution in [3.63, 3.8) is 0 Å². The van der Waals surface area contributed by atoms with Gasteiger partial charge < -0.3 is 13.9 Å². The highest BCUT2D eigenvalue weighted by atomic mass is 79.9. The van der Waals surface area contributed by atoms with Crippen LogP contribution in [0.1, 0.15) is 11.1 Å². The van der Waals surface area contributed by atoms with Gasteiger partial charge in [-0.1, -0.05) is 15.9 Å². The van der Waals surface area contributed by atoms with E-state index in [1.54, 1.807) is 18.8 Å². The fourth-order valence-corrected chi connectivity index (χ4v) is 3.78. The van der Waals surface area contributed by atoms with Crippen molar-refractivity contribution >= 4 is 27.0 Å². The van der Waals surface area contributed by atoms with E-state index in [0.29, 0.717) is 12.3 Å². The SMILES string of the molecule is COc1cc2c(cc1OC)CN(Cn1c(=O)oc3cc(Br)ccc31)CC2. The minimum Gasteiger partial charge on any atom is -0.493 e. The van der Waals surface area contributed by atoms with E-state index in [-0.39, 0.29) is 5.76 Å². The number of oxazole rings is 1. The van der Waals surface area contributed by atoms with Crippen LogP contribution in [0.2, 0.25) is 0 Å². The molecule has 136 valence electrons. The molecule has 0 saturated carbocycles. The number of halogens is 1. The molecule has 1 aliphatic rings. The number of hydrogen-bond acceptors (Lipinski definition) is 5. The Kier molecular flexibility index (Phi) is 4.50. The predicted molar refractivity (Wildman–Crippen MR) is 102 cm³/mol. The number of nitrogens with zero attached hydrogens (tertiary/aromatic N) is 2. The summed E-state index contributed by atoms with van der Waals surface area (Å²) in [6.45, 7) is 2.09. The van der Waals surface area contributed by atoms with Gasteiger partial charge in [0.05, 0.1) is 26.4 Å². The van der Waals surface area contributed by atoms with Gasteiger partial charge in [-0.3, -0.25) is 9.47 Å². The lowest BCUT2D eigenvalue weighted by Crippen LogP contribution is -2.34. The van der Waals surface area contributed by atoms with Gasteiger partial charge in [0.2, 0.25) is 0 Å². The summed E-state index contributed by atoms with van der Waals surface area (Å²) in [7, 11) is 3.29. The van der Waals surface area contributed by atoms with E-state index < -0.39 is 0 Å². The maximum absolute atomic E-state index is 12.3. The highest BCUT2D eigenvalue weighted by Crippen LogP contribution is 2.33. The van der Waals surface area contributed by atoms with Crippen molar-refractivity contribution in [3.05, 3.63) is 56.5 Å². The second-order valence-corrected chi connectivity index (χ2v) is 7.24. The van der Waals surface area contributed by atoms with E-state index in [4.69, 9.17) is 13.9 Å². The van der Waals surface area contributed by atoms with Crippen LogP contribution in [0.4, 0.5) is 0 Å². The molecular weight excluding hydrogens is 400 g/mol. The summed E-state index contributed by atoms with van der Waals surface area (Å²) in [4.78, 5) is 14.5. The van der Waals surface area contributed by atoms with Crippen molar-refractivity contribution in [2.75, 3.05) is 20.8 Å². The lowest BCUT2D eigenvalue weighted by molar-refractivity contribution is 0.195. The van der Waals surface area contributed by atoms with Gasteiger partial charge in [-0.2, -0.15) is 0 Å². The summed E-state index contributed by atoms with van der Waals surface area (Å²) in [6.07, 6.45) is 0.895. The molecule has 0 unspecified atom stereocenters.